The highest BCUT2D eigenvalue weighted by atomic mass is 79.9. The summed E-state index contributed by atoms with van der Waals surface area (Å²) in [5.41, 5.74) is 2.11. The minimum Gasteiger partial charge on any atom is -0.462 e. The van der Waals surface area contributed by atoms with Crippen molar-refractivity contribution < 1.29 is 9.53 Å². The summed E-state index contributed by atoms with van der Waals surface area (Å²) in [4.78, 5) is 30.4. The Balaban J connectivity index is 1.81. The lowest BCUT2D eigenvalue weighted by atomic mass is 10.1. The summed E-state index contributed by atoms with van der Waals surface area (Å²) in [6.07, 6.45) is 4.16. The molecule has 2 aromatic heterocycles. The molecule has 0 aliphatic carbocycles. The average Bonchev–Trinajstić information content (AvgIpc) is 3.15. The first-order valence-corrected chi connectivity index (χ1v) is 12.1. The van der Waals surface area contributed by atoms with Gasteiger partial charge in [0.1, 0.15) is 12.4 Å². The second kappa shape index (κ2) is 9.93. The van der Waals surface area contributed by atoms with E-state index in [1.807, 2.05) is 67.9 Å². The third kappa shape index (κ3) is 4.82. The highest BCUT2D eigenvalue weighted by molar-refractivity contribution is 9.10. The van der Waals surface area contributed by atoms with E-state index in [1.165, 1.54) is 4.68 Å². The molecule has 0 aliphatic rings. The van der Waals surface area contributed by atoms with Gasteiger partial charge < -0.3 is 9.30 Å². The summed E-state index contributed by atoms with van der Waals surface area (Å²) in [5, 5.41) is 6.01. The molecule has 4 aromatic rings. The molecule has 7 nitrogen and oxygen atoms in total. The third-order valence-corrected chi connectivity index (χ3v) is 6.18. The fourth-order valence-corrected chi connectivity index (χ4v) is 4.21. The largest absolute Gasteiger partial charge is 0.462 e. The van der Waals surface area contributed by atoms with Gasteiger partial charge in [-0.05, 0) is 44.5 Å². The van der Waals surface area contributed by atoms with Crippen molar-refractivity contribution in [3.63, 3.8) is 0 Å². The number of fused-ring (bicyclic) bond motifs is 2. The zero-order chi connectivity index (χ0) is 24.4. The zero-order valence-electron chi connectivity index (χ0n) is 19.7. The molecule has 0 amide bonds. The summed E-state index contributed by atoms with van der Waals surface area (Å²) in [5.74, 6) is 0.353. The number of esters is 1. The molecule has 0 spiro atoms. The van der Waals surface area contributed by atoms with Crippen molar-refractivity contribution in [2.45, 2.75) is 52.7 Å². The van der Waals surface area contributed by atoms with Gasteiger partial charge in [-0.25, -0.2) is 4.98 Å². The lowest BCUT2D eigenvalue weighted by molar-refractivity contribution is -0.148. The van der Waals surface area contributed by atoms with E-state index in [2.05, 4.69) is 28.0 Å². The number of benzene rings is 2. The molecule has 0 unspecified atom stereocenters. The van der Waals surface area contributed by atoms with Crippen LogP contribution in [0.2, 0.25) is 0 Å². The molecule has 1 atom stereocenters. The van der Waals surface area contributed by atoms with Gasteiger partial charge in [0.15, 0.2) is 0 Å². The van der Waals surface area contributed by atoms with Crippen LogP contribution in [0.1, 0.15) is 51.4 Å². The van der Waals surface area contributed by atoms with Gasteiger partial charge in [-0.3, -0.25) is 9.59 Å². The minimum atomic E-state index is -0.307. The van der Waals surface area contributed by atoms with E-state index in [4.69, 9.17) is 9.72 Å². The van der Waals surface area contributed by atoms with Crippen LogP contribution < -0.4 is 5.56 Å². The molecule has 0 fully saturated rings. The minimum absolute atomic E-state index is 0.0463. The lowest BCUT2D eigenvalue weighted by Gasteiger charge is -2.13. The molecular formula is C26H27BrN4O3. The standard InChI is InChI=1S/C26H27BrN4O3/c1-5-17(4)25-29-22-11-10-19(27)12-21(22)26(33)31(25)28-13-18-14-30(15-24(32)34-16(2)3)23-9-7-6-8-20(18)23/h6-14,16-17H,5,15H2,1-4H3/t17-/m0/s1. The average molecular weight is 523 g/mol. The number of rotatable bonds is 7. The Morgan fingerprint density at radius 1 is 1.18 bits per heavy atom. The molecule has 2 heterocycles. The van der Waals surface area contributed by atoms with Gasteiger partial charge in [0.2, 0.25) is 0 Å². The van der Waals surface area contributed by atoms with E-state index in [9.17, 15) is 9.59 Å². The van der Waals surface area contributed by atoms with Crippen LogP contribution in [0.3, 0.4) is 0 Å². The molecule has 4 rings (SSSR count). The summed E-state index contributed by atoms with van der Waals surface area (Å²) in [6.45, 7) is 7.83. The van der Waals surface area contributed by atoms with E-state index in [-0.39, 0.29) is 30.1 Å². The molecule has 0 aliphatic heterocycles. The highest BCUT2D eigenvalue weighted by Crippen LogP contribution is 2.22. The fraction of sp³-hybridized carbons (Fsp3) is 0.308. The topological polar surface area (TPSA) is 78.5 Å². The van der Waals surface area contributed by atoms with E-state index in [0.29, 0.717) is 16.7 Å². The first-order valence-electron chi connectivity index (χ1n) is 11.3. The number of halogens is 1. The predicted octanol–water partition coefficient (Wildman–Crippen LogP) is 5.46. The Kier molecular flexibility index (Phi) is 6.97. The molecule has 34 heavy (non-hydrogen) atoms. The van der Waals surface area contributed by atoms with E-state index < -0.39 is 0 Å². The molecule has 2 aromatic carbocycles. The molecule has 0 bridgehead atoms. The SMILES string of the molecule is CC[C@H](C)c1nc2ccc(Br)cc2c(=O)n1N=Cc1cn(CC(=O)OC(C)C)c2ccccc12. The first-order chi connectivity index (χ1) is 16.3. The van der Waals surface area contributed by atoms with Gasteiger partial charge in [0, 0.05) is 33.1 Å². The number of nitrogens with zero attached hydrogens (tertiary/aromatic N) is 4. The van der Waals surface area contributed by atoms with Crippen LogP contribution in [0.5, 0.6) is 0 Å². The van der Waals surface area contributed by atoms with Crippen molar-refractivity contribution >= 4 is 49.9 Å². The molecule has 0 radical (unpaired) electrons. The van der Waals surface area contributed by atoms with Gasteiger partial charge in [-0.15, -0.1) is 0 Å². The predicted molar refractivity (Wildman–Crippen MR) is 139 cm³/mol. The molecular weight excluding hydrogens is 496 g/mol. The molecule has 0 N–H and O–H groups in total. The monoisotopic (exact) mass is 522 g/mol. The normalized spacial score (nSPS) is 12.8. The number of carbonyl (C=O) groups is 1. The number of ether oxygens (including phenoxy) is 1. The maximum absolute atomic E-state index is 13.4. The smallest absolute Gasteiger partial charge is 0.326 e. The molecule has 176 valence electrons. The summed E-state index contributed by atoms with van der Waals surface area (Å²) in [6, 6.07) is 13.2. The van der Waals surface area contributed by atoms with Crippen molar-refractivity contribution in [3.05, 3.63) is 74.9 Å². The van der Waals surface area contributed by atoms with Crippen molar-refractivity contribution in [2.24, 2.45) is 5.10 Å². The van der Waals surface area contributed by atoms with Crippen molar-refractivity contribution in [1.29, 1.82) is 0 Å². The van der Waals surface area contributed by atoms with Gasteiger partial charge in [0.25, 0.3) is 5.56 Å². The molecule has 0 saturated heterocycles. The number of hydrogen-bond acceptors (Lipinski definition) is 5. The van der Waals surface area contributed by atoms with E-state index >= 15 is 0 Å². The van der Waals surface area contributed by atoms with Crippen molar-refractivity contribution in [3.8, 4) is 0 Å². The van der Waals surface area contributed by atoms with Crippen LogP contribution in [0.15, 0.2) is 63.0 Å². The zero-order valence-corrected chi connectivity index (χ0v) is 21.2. The van der Waals surface area contributed by atoms with Crippen molar-refractivity contribution in [2.75, 3.05) is 0 Å². The quantitative estimate of drug-likeness (QED) is 0.238. The number of aromatic nitrogens is 3. The Hall–Kier alpha value is -3.26. The van der Waals surface area contributed by atoms with Crippen LogP contribution in [-0.4, -0.2) is 32.5 Å². The Bertz CT molecular complexity index is 1450. The molecule has 8 heteroatoms. The number of carbonyl (C=O) groups excluding carboxylic acids is 1. The Morgan fingerprint density at radius 2 is 1.94 bits per heavy atom. The molecule has 0 saturated carbocycles. The van der Waals surface area contributed by atoms with Gasteiger partial charge in [0.05, 0.1) is 23.2 Å². The van der Waals surface area contributed by atoms with Gasteiger partial charge >= 0.3 is 5.97 Å². The summed E-state index contributed by atoms with van der Waals surface area (Å²) >= 11 is 3.44. The second-order valence-corrected chi connectivity index (χ2v) is 9.49. The Morgan fingerprint density at radius 3 is 2.68 bits per heavy atom. The van der Waals surface area contributed by atoms with Crippen molar-refractivity contribution in [1.82, 2.24) is 14.2 Å². The third-order valence-electron chi connectivity index (χ3n) is 5.68. The second-order valence-electron chi connectivity index (χ2n) is 8.57. The van der Waals surface area contributed by atoms with Gasteiger partial charge in [-0.1, -0.05) is 48.0 Å². The highest BCUT2D eigenvalue weighted by Gasteiger charge is 2.16. The fourth-order valence-electron chi connectivity index (χ4n) is 3.85. The van der Waals surface area contributed by atoms with E-state index in [0.717, 1.165) is 27.4 Å². The first kappa shape index (κ1) is 23.9. The van der Waals surface area contributed by atoms with Crippen LogP contribution in [-0.2, 0) is 16.1 Å². The van der Waals surface area contributed by atoms with E-state index in [1.54, 1.807) is 12.3 Å². The number of para-hydroxylation sites is 1. The van der Waals surface area contributed by atoms with Gasteiger partial charge in [-0.2, -0.15) is 9.78 Å². The Labute approximate surface area is 206 Å². The van der Waals surface area contributed by atoms with Crippen LogP contribution in [0.4, 0.5) is 0 Å². The van der Waals surface area contributed by atoms with Crippen LogP contribution in [0.25, 0.3) is 21.8 Å². The van der Waals surface area contributed by atoms with Crippen LogP contribution in [0, 0.1) is 0 Å². The number of hydrogen-bond donors (Lipinski definition) is 0. The summed E-state index contributed by atoms with van der Waals surface area (Å²) in [7, 11) is 0. The maximum Gasteiger partial charge on any atom is 0.326 e. The van der Waals surface area contributed by atoms with Crippen LogP contribution >= 0.6 is 15.9 Å². The summed E-state index contributed by atoms with van der Waals surface area (Å²) < 4.78 is 9.35. The maximum atomic E-state index is 13.4. The lowest BCUT2D eigenvalue weighted by Crippen LogP contribution is -2.23.